The zero-order chi connectivity index (χ0) is 27.5. The normalized spacial score (nSPS) is 16.1. The highest BCUT2D eigenvalue weighted by Crippen LogP contribution is 2.39. The standard InChI is InChI=1S/C28H36N8O3/c1-5-26(38)30-22-11-23(25(39-4)12-24(22)35-9-7-6-8-10-35)31-28-29-13-18(2)27(32-28)36-15-20(19(3)33-36)14-34-16-21(37)17-34/h5,11-13,15,21,37H,1,6-10,14,16-17H2,2-4H3,(H,30,38)(H,29,31,32). The Balaban J connectivity index is 1.44. The number of anilines is 4. The van der Waals surface area contributed by atoms with E-state index in [1.807, 2.05) is 32.2 Å². The monoisotopic (exact) mass is 532 g/mol. The predicted molar refractivity (Wildman–Crippen MR) is 151 cm³/mol. The molecule has 0 atom stereocenters. The minimum absolute atomic E-state index is 0.241. The number of hydrogen-bond acceptors (Lipinski definition) is 9. The van der Waals surface area contributed by atoms with Crippen LogP contribution in [0.1, 0.15) is 36.1 Å². The first kappa shape index (κ1) is 26.6. The molecule has 0 saturated carbocycles. The van der Waals surface area contributed by atoms with Crippen LogP contribution in [0.15, 0.2) is 37.2 Å². The number of methoxy groups -OCH3 is 1. The fourth-order valence-corrected chi connectivity index (χ4v) is 5.03. The van der Waals surface area contributed by atoms with Crippen molar-refractivity contribution < 1.29 is 14.6 Å². The molecule has 2 aromatic heterocycles. The number of aliphatic hydroxyl groups is 1. The molecule has 1 amide bonds. The minimum atomic E-state index is -0.282. The number of aromatic nitrogens is 4. The van der Waals surface area contributed by atoms with Gasteiger partial charge in [0.25, 0.3) is 0 Å². The highest BCUT2D eigenvalue weighted by molar-refractivity contribution is 6.02. The van der Waals surface area contributed by atoms with E-state index in [1.165, 1.54) is 12.5 Å². The predicted octanol–water partition coefficient (Wildman–Crippen LogP) is 3.32. The van der Waals surface area contributed by atoms with Gasteiger partial charge in [-0.25, -0.2) is 9.67 Å². The van der Waals surface area contributed by atoms with Gasteiger partial charge in [0.05, 0.1) is 36.0 Å². The van der Waals surface area contributed by atoms with Gasteiger partial charge in [-0.2, -0.15) is 10.1 Å². The smallest absolute Gasteiger partial charge is 0.247 e. The van der Waals surface area contributed by atoms with Gasteiger partial charge in [-0.3, -0.25) is 9.69 Å². The molecule has 4 heterocycles. The first-order valence-corrected chi connectivity index (χ1v) is 13.3. The SMILES string of the molecule is C=CC(=O)Nc1cc(Nc2ncc(C)c(-n3cc(CN4CC(O)C4)c(C)n3)n2)c(OC)cc1N1CCCCC1. The second-order valence-electron chi connectivity index (χ2n) is 10.2. The Hall–Kier alpha value is -3.96. The van der Waals surface area contributed by atoms with Gasteiger partial charge in [-0.15, -0.1) is 0 Å². The number of ether oxygens (including phenoxy) is 1. The molecular weight excluding hydrogens is 496 g/mol. The summed E-state index contributed by atoms with van der Waals surface area (Å²) in [5.41, 5.74) is 5.09. The maximum atomic E-state index is 12.3. The van der Waals surface area contributed by atoms with Gasteiger partial charge in [0.1, 0.15) is 5.75 Å². The summed E-state index contributed by atoms with van der Waals surface area (Å²) < 4.78 is 7.51. The van der Waals surface area contributed by atoms with E-state index in [4.69, 9.17) is 14.8 Å². The highest BCUT2D eigenvalue weighted by Gasteiger charge is 2.25. The van der Waals surface area contributed by atoms with Crippen molar-refractivity contribution in [3.05, 3.63) is 54.0 Å². The van der Waals surface area contributed by atoms with Crippen LogP contribution in [0.4, 0.5) is 23.0 Å². The molecule has 2 aliphatic rings. The number of rotatable bonds is 9. The highest BCUT2D eigenvalue weighted by atomic mass is 16.5. The van der Waals surface area contributed by atoms with Crippen LogP contribution in [-0.2, 0) is 11.3 Å². The van der Waals surface area contributed by atoms with Crippen LogP contribution in [0.25, 0.3) is 5.82 Å². The van der Waals surface area contributed by atoms with Crippen molar-refractivity contribution >= 4 is 28.9 Å². The van der Waals surface area contributed by atoms with E-state index in [2.05, 4.69) is 32.0 Å². The van der Waals surface area contributed by atoms with Crippen molar-refractivity contribution in [3.8, 4) is 11.6 Å². The molecule has 0 bridgehead atoms. The number of piperidine rings is 1. The Morgan fingerprint density at radius 1 is 1.21 bits per heavy atom. The second-order valence-corrected chi connectivity index (χ2v) is 10.2. The van der Waals surface area contributed by atoms with Crippen LogP contribution < -0.4 is 20.3 Å². The number of carbonyl (C=O) groups is 1. The van der Waals surface area contributed by atoms with E-state index in [0.717, 1.165) is 55.0 Å². The van der Waals surface area contributed by atoms with E-state index in [-0.39, 0.29) is 12.0 Å². The third kappa shape index (κ3) is 5.89. The number of aryl methyl sites for hydroxylation is 2. The number of aliphatic hydroxyl groups excluding tert-OH is 1. The van der Waals surface area contributed by atoms with Crippen molar-refractivity contribution in [2.45, 2.75) is 45.8 Å². The van der Waals surface area contributed by atoms with Crippen LogP contribution in [0.2, 0.25) is 0 Å². The first-order valence-electron chi connectivity index (χ1n) is 13.3. The molecule has 2 fully saturated rings. The molecule has 0 radical (unpaired) electrons. The maximum absolute atomic E-state index is 12.3. The number of β-amino-alcohol motifs (C(OH)–C–C–N with tert-alkyl or cyclic N) is 1. The Labute approximate surface area is 228 Å². The molecular formula is C28H36N8O3. The van der Waals surface area contributed by atoms with Gasteiger partial charge >= 0.3 is 0 Å². The van der Waals surface area contributed by atoms with Crippen molar-refractivity contribution in [2.24, 2.45) is 0 Å². The number of likely N-dealkylation sites (tertiary alicyclic amines) is 1. The molecule has 206 valence electrons. The average Bonchev–Trinajstić information content (AvgIpc) is 3.29. The van der Waals surface area contributed by atoms with Crippen LogP contribution in [0.5, 0.6) is 5.75 Å². The van der Waals surface area contributed by atoms with Crippen LogP contribution in [0.3, 0.4) is 0 Å². The third-order valence-electron chi connectivity index (χ3n) is 7.20. The van der Waals surface area contributed by atoms with Crippen molar-refractivity contribution in [3.63, 3.8) is 0 Å². The Morgan fingerprint density at radius 3 is 2.67 bits per heavy atom. The number of amides is 1. The summed E-state index contributed by atoms with van der Waals surface area (Å²) in [6, 6.07) is 3.79. The van der Waals surface area contributed by atoms with Crippen LogP contribution in [-0.4, -0.2) is 75.1 Å². The summed E-state index contributed by atoms with van der Waals surface area (Å²) in [6.45, 7) is 11.4. The minimum Gasteiger partial charge on any atom is -0.494 e. The zero-order valence-corrected chi connectivity index (χ0v) is 22.8. The number of carbonyl (C=O) groups excluding carboxylic acids is 1. The number of nitrogens with one attached hydrogen (secondary N) is 2. The fraction of sp³-hybridized carbons (Fsp3) is 0.429. The summed E-state index contributed by atoms with van der Waals surface area (Å²) in [5.74, 6) is 1.37. The Morgan fingerprint density at radius 2 is 1.97 bits per heavy atom. The molecule has 2 saturated heterocycles. The van der Waals surface area contributed by atoms with E-state index in [9.17, 15) is 9.90 Å². The zero-order valence-electron chi connectivity index (χ0n) is 22.8. The molecule has 3 aromatic rings. The fourth-order valence-electron chi connectivity index (χ4n) is 5.03. The van der Waals surface area contributed by atoms with Gasteiger partial charge < -0.3 is 25.4 Å². The van der Waals surface area contributed by atoms with E-state index in [1.54, 1.807) is 18.0 Å². The Kier molecular flexibility index (Phi) is 7.80. The molecule has 5 rings (SSSR count). The lowest BCUT2D eigenvalue weighted by Gasteiger charge is -2.35. The first-order chi connectivity index (χ1) is 18.8. The molecule has 1 aromatic carbocycles. The average molecular weight is 533 g/mol. The van der Waals surface area contributed by atoms with E-state index < -0.39 is 0 Å². The molecule has 39 heavy (non-hydrogen) atoms. The molecule has 0 aliphatic carbocycles. The summed E-state index contributed by atoms with van der Waals surface area (Å²) in [4.78, 5) is 26.0. The molecule has 2 aliphatic heterocycles. The second kappa shape index (κ2) is 11.4. The van der Waals surface area contributed by atoms with E-state index in [0.29, 0.717) is 42.0 Å². The lowest BCUT2D eigenvalue weighted by Crippen LogP contribution is -2.49. The number of nitrogens with zero attached hydrogens (tertiary/aromatic N) is 6. The summed E-state index contributed by atoms with van der Waals surface area (Å²) >= 11 is 0. The molecule has 11 heteroatoms. The largest absolute Gasteiger partial charge is 0.494 e. The van der Waals surface area contributed by atoms with Gasteiger partial charge in [0.2, 0.25) is 11.9 Å². The molecule has 0 spiro atoms. The van der Waals surface area contributed by atoms with E-state index >= 15 is 0 Å². The summed E-state index contributed by atoms with van der Waals surface area (Å²) in [7, 11) is 1.62. The molecule has 0 unspecified atom stereocenters. The summed E-state index contributed by atoms with van der Waals surface area (Å²) in [6.07, 6.45) is 8.16. The number of hydrogen-bond donors (Lipinski definition) is 3. The third-order valence-corrected chi connectivity index (χ3v) is 7.20. The van der Waals surface area contributed by atoms with Gasteiger partial charge in [0, 0.05) is 62.3 Å². The lowest BCUT2D eigenvalue weighted by atomic mass is 10.1. The Bertz CT molecular complexity index is 1360. The van der Waals surface area contributed by atoms with Crippen molar-refractivity contribution in [1.82, 2.24) is 24.6 Å². The van der Waals surface area contributed by atoms with Crippen molar-refractivity contribution in [2.75, 3.05) is 48.8 Å². The summed E-state index contributed by atoms with van der Waals surface area (Å²) in [5, 5.41) is 20.5. The topological polar surface area (TPSA) is 121 Å². The van der Waals surface area contributed by atoms with Crippen LogP contribution >= 0.6 is 0 Å². The van der Waals surface area contributed by atoms with Gasteiger partial charge in [-0.05, 0) is 45.3 Å². The lowest BCUT2D eigenvalue weighted by molar-refractivity contribution is -0.111. The molecule has 11 nitrogen and oxygen atoms in total. The van der Waals surface area contributed by atoms with Gasteiger partial charge in [0.15, 0.2) is 5.82 Å². The van der Waals surface area contributed by atoms with Crippen molar-refractivity contribution in [1.29, 1.82) is 0 Å². The number of benzene rings is 1. The quantitative estimate of drug-likeness (QED) is 0.356. The maximum Gasteiger partial charge on any atom is 0.247 e. The molecule has 3 N–H and O–H groups in total. The van der Waals surface area contributed by atoms with Crippen LogP contribution in [0, 0.1) is 13.8 Å². The van der Waals surface area contributed by atoms with Gasteiger partial charge in [-0.1, -0.05) is 6.58 Å².